The van der Waals surface area contributed by atoms with Crippen LogP contribution in [0.25, 0.3) is 22.6 Å². The number of amides is 1. The largest absolute Gasteiger partial charge is 0.377 e. The molecule has 0 saturated heterocycles. The number of carbonyl (C=O) groups excluding carboxylic acids is 1. The van der Waals surface area contributed by atoms with E-state index in [1.807, 2.05) is 60.2 Å². The smallest absolute Gasteiger partial charge is 0.257 e. The first-order chi connectivity index (χ1) is 16.1. The van der Waals surface area contributed by atoms with Gasteiger partial charge in [0.15, 0.2) is 5.82 Å². The van der Waals surface area contributed by atoms with Gasteiger partial charge in [-0.3, -0.25) is 9.78 Å². The van der Waals surface area contributed by atoms with Gasteiger partial charge in [0.05, 0.1) is 6.61 Å². The average Bonchev–Trinajstić information content (AvgIpc) is 3.32. The van der Waals surface area contributed by atoms with Crippen molar-refractivity contribution in [2.24, 2.45) is 0 Å². The Morgan fingerprint density at radius 1 is 1.12 bits per heavy atom. The third-order valence-electron chi connectivity index (χ3n) is 5.80. The van der Waals surface area contributed by atoms with Gasteiger partial charge < -0.3 is 14.6 Å². The summed E-state index contributed by atoms with van der Waals surface area (Å²) >= 11 is 0. The number of hydrogen-bond acceptors (Lipinski definition) is 6. The lowest BCUT2D eigenvalue weighted by atomic mass is 9.99. The van der Waals surface area contributed by atoms with Crippen LogP contribution in [0.4, 0.5) is 5.82 Å². The minimum absolute atomic E-state index is 0.133. The molecule has 0 unspecified atom stereocenters. The van der Waals surface area contributed by atoms with E-state index < -0.39 is 0 Å². The van der Waals surface area contributed by atoms with E-state index in [0.717, 1.165) is 28.8 Å². The minimum atomic E-state index is -0.243. The highest BCUT2D eigenvalue weighted by Gasteiger charge is 2.18. The SMILES string of the molecule is Cc1ccc(-c2ccc3c(c2)C(=O)Nc2cccc(n2)-c2nncn2[C@H](C)CCOC3)cn1. The molecule has 1 N–H and O–H groups in total. The average molecular weight is 441 g/mol. The van der Waals surface area contributed by atoms with Crippen LogP contribution in [0.5, 0.6) is 0 Å². The lowest BCUT2D eigenvalue weighted by Gasteiger charge is -2.17. The monoisotopic (exact) mass is 440 g/mol. The quantitative estimate of drug-likeness (QED) is 0.470. The molecule has 1 aliphatic rings. The molecular weight excluding hydrogens is 416 g/mol. The fourth-order valence-corrected chi connectivity index (χ4v) is 3.87. The van der Waals surface area contributed by atoms with Crippen molar-refractivity contribution in [3.05, 3.63) is 77.9 Å². The molecule has 0 aliphatic carbocycles. The van der Waals surface area contributed by atoms with Crippen LogP contribution in [-0.2, 0) is 11.3 Å². The van der Waals surface area contributed by atoms with E-state index in [1.165, 1.54) is 0 Å². The molecule has 4 aromatic rings. The maximum absolute atomic E-state index is 13.3. The normalized spacial score (nSPS) is 16.3. The molecule has 33 heavy (non-hydrogen) atoms. The van der Waals surface area contributed by atoms with Crippen molar-refractivity contribution in [2.45, 2.75) is 32.9 Å². The molecule has 1 atom stereocenters. The van der Waals surface area contributed by atoms with Gasteiger partial charge in [-0.25, -0.2) is 4.98 Å². The van der Waals surface area contributed by atoms with Crippen LogP contribution in [0.3, 0.4) is 0 Å². The molecule has 0 radical (unpaired) electrons. The number of anilines is 1. The van der Waals surface area contributed by atoms with Crippen LogP contribution in [0.1, 0.15) is 41.0 Å². The van der Waals surface area contributed by atoms with Crippen molar-refractivity contribution >= 4 is 11.7 Å². The first-order valence-electron chi connectivity index (χ1n) is 10.9. The zero-order chi connectivity index (χ0) is 22.8. The fraction of sp³-hybridized carbons (Fsp3) is 0.240. The van der Waals surface area contributed by atoms with Crippen molar-refractivity contribution in [3.63, 3.8) is 0 Å². The van der Waals surface area contributed by atoms with Crippen molar-refractivity contribution in [1.82, 2.24) is 24.7 Å². The minimum Gasteiger partial charge on any atom is -0.377 e. The fourth-order valence-electron chi connectivity index (χ4n) is 3.87. The second kappa shape index (κ2) is 8.91. The number of pyridine rings is 2. The molecule has 8 heteroatoms. The Morgan fingerprint density at radius 2 is 2.00 bits per heavy atom. The number of aromatic nitrogens is 5. The second-order valence-corrected chi connectivity index (χ2v) is 8.17. The van der Waals surface area contributed by atoms with Crippen LogP contribution < -0.4 is 5.32 Å². The number of nitrogens with one attached hydrogen (secondary N) is 1. The van der Waals surface area contributed by atoms with E-state index in [0.29, 0.717) is 36.1 Å². The molecule has 2 bridgehead atoms. The molecule has 3 aromatic heterocycles. The van der Waals surface area contributed by atoms with Gasteiger partial charge in [0.2, 0.25) is 0 Å². The van der Waals surface area contributed by atoms with Gasteiger partial charge in [0, 0.05) is 35.7 Å². The maximum Gasteiger partial charge on any atom is 0.257 e. The molecule has 1 aliphatic heterocycles. The van der Waals surface area contributed by atoms with Crippen LogP contribution in [0.15, 0.2) is 61.1 Å². The molecule has 0 spiro atoms. The van der Waals surface area contributed by atoms with Gasteiger partial charge in [-0.05, 0) is 55.7 Å². The van der Waals surface area contributed by atoms with E-state index in [-0.39, 0.29) is 11.9 Å². The Hall–Kier alpha value is -3.91. The Kier molecular flexibility index (Phi) is 5.66. The van der Waals surface area contributed by atoms with Crippen LogP contribution in [0, 0.1) is 6.92 Å². The molecule has 8 nitrogen and oxygen atoms in total. The molecule has 1 amide bonds. The standard InChI is InChI=1S/C25H24N6O2/c1-16-6-7-19(13-26-16)18-8-9-20-14-33-11-10-17(2)31-15-27-30-24(31)22-4-3-5-23(28-22)29-25(32)21(20)12-18/h3-9,12-13,15,17H,10-11,14H2,1-2H3,(H,28,29,32)/t17-/m1/s1. The van der Waals surface area contributed by atoms with Gasteiger partial charge in [-0.2, -0.15) is 0 Å². The van der Waals surface area contributed by atoms with Crippen molar-refractivity contribution < 1.29 is 9.53 Å². The zero-order valence-corrected chi connectivity index (χ0v) is 18.5. The van der Waals surface area contributed by atoms with Crippen LogP contribution in [0.2, 0.25) is 0 Å². The Labute approximate surface area is 191 Å². The molecule has 1 aromatic carbocycles. The number of fused-ring (bicyclic) bond motifs is 5. The van der Waals surface area contributed by atoms with Crippen molar-refractivity contribution in [3.8, 4) is 22.6 Å². The first-order valence-corrected chi connectivity index (χ1v) is 10.9. The summed E-state index contributed by atoms with van der Waals surface area (Å²) in [7, 11) is 0. The number of benzene rings is 1. The zero-order valence-electron chi connectivity index (χ0n) is 18.5. The molecule has 0 saturated carbocycles. The predicted octanol–water partition coefficient (Wildman–Crippen LogP) is 4.44. The number of aryl methyl sites for hydroxylation is 1. The van der Waals surface area contributed by atoms with E-state index in [2.05, 4.69) is 32.4 Å². The van der Waals surface area contributed by atoms with E-state index in [1.54, 1.807) is 12.4 Å². The summed E-state index contributed by atoms with van der Waals surface area (Å²) in [4.78, 5) is 22.3. The Morgan fingerprint density at radius 3 is 2.85 bits per heavy atom. The summed E-state index contributed by atoms with van der Waals surface area (Å²) in [6, 6.07) is 15.4. The lowest BCUT2D eigenvalue weighted by Crippen LogP contribution is -2.17. The number of ether oxygens (including phenoxy) is 1. The molecule has 166 valence electrons. The van der Waals surface area contributed by atoms with Gasteiger partial charge in [-0.15, -0.1) is 10.2 Å². The summed E-state index contributed by atoms with van der Waals surface area (Å²) in [6.07, 6.45) is 4.30. The molecule has 4 heterocycles. The van der Waals surface area contributed by atoms with Gasteiger partial charge in [0.25, 0.3) is 5.91 Å². The predicted molar refractivity (Wildman–Crippen MR) is 125 cm³/mol. The van der Waals surface area contributed by atoms with Crippen LogP contribution in [-0.4, -0.2) is 37.2 Å². The van der Waals surface area contributed by atoms with Crippen LogP contribution >= 0.6 is 0 Å². The van der Waals surface area contributed by atoms with Crippen molar-refractivity contribution in [2.75, 3.05) is 11.9 Å². The van der Waals surface area contributed by atoms with E-state index in [4.69, 9.17) is 4.74 Å². The lowest BCUT2D eigenvalue weighted by molar-refractivity contribution is 0.0990. The number of rotatable bonds is 1. The number of hydrogen-bond donors (Lipinski definition) is 1. The highest BCUT2D eigenvalue weighted by molar-refractivity contribution is 6.05. The van der Waals surface area contributed by atoms with Gasteiger partial charge in [0.1, 0.15) is 17.8 Å². The summed E-state index contributed by atoms with van der Waals surface area (Å²) in [5, 5.41) is 11.3. The van der Waals surface area contributed by atoms with Gasteiger partial charge >= 0.3 is 0 Å². The summed E-state index contributed by atoms with van der Waals surface area (Å²) in [6.45, 7) is 4.92. The van der Waals surface area contributed by atoms with Gasteiger partial charge in [-0.1, -0.05) is 24.3 Å². The third kappa shape index (κ3) is 4.38. The highest BCUT2D eigenvalue weighted by atomic mass is 16.5. The number of carbonyl (C=O) groups is 1. The summed E-state index contributed by atoms with van der Waals surface area (Å²) in [5.41, 5.74) is 4.83. The highest BCUT2D eigenvalue weighted by Crippen LogP contribution is 2.26. The summed E-state index contributed by atoms with van der Waals surface area (Å²) < 4.78 is 7.95. The van der Waals surface area contributed by atoms with Crippen molar-refractivity contribution in [1.29, 1.82) is 0 Å². The molecule has 0 fully saturated rings. The third-order valence-corrected chi connectivity index (χ3v) is 5.80. The Balaban J connectivity index is 1.55. The number of nitrogens with zero attached hydrogens (tertiary/aromatic N) is 5. The van der Waals surface area contributed by atoms with E-state index >= 15 is 0 Å². The van der Waals surface area contributed by atoms with E-state index in [9.17, 15) is 4.79 Å². The topological polar surface area (TPSA) is 94.8 Å². The first kappa shape index (κ1) is 21.0. The molecular formula is C25H24N6O2. The molecule has 5 rings (SSSR count). The maximum atomic E-state index is 13.3. The summed E-state index contributed by atoms with van der Waals surface area (Å²) in [5.74, 6) is 0.864. The Bertz CT molecular complexity index is 1300. The second-order valence-electron chi connectivity index (χ2n) is 8.17.